The molecule has 0 radical (unpaired) electrons. The summed E-state index contributed by atoms with van der Waals surface area (Å²) >= 11 is 0. The molecular formula is C15H21N3O2. The number of carboxylic acids is 1. The van der Waals surface area contributed by atoms with Gasteiger partial charge in [-0.15, -0.1) is 0 Å². The molecule has 2 N–H and O–H groups in total. The Kier molecular flexibility index (Phi) is 4.09. The molecule has 2 aromatic rings. The normalized spacial score (nSPS) is 11.9. The van der Waals surface area contributed by atoms with Gasteiger partial charge < -0.3 is 15.0 Å². The van der Waals surface area contributed by atoms with Crippen molar-refractivity contribution in [2.45, 2.75) is 26.8 Å². The summed E-state index contributed by atoms with van der Waals surface area (Å²) in [7, 11) is 1.97. The third-order valence-corrected chi connectivity index (χ3v) is 3.62. The maximum atomic E-state index is 11.0. The zero-order valence-electron chi connectivity index (χ0n) is 12.2. The van der Waals surface area contributed by atoms with E-state index in [1.807, 2.05) is 11.6 Å². The molecule has 0 spiro atoms. The maximum Gasteiger partial charge on any atom is 0.309 e. The van der Waals surface area contributed by atoms with Gasteiger partial charge in [-0.3, -0.25) is 4.79 Å². The molecule has 20 heavy (non-hydrogen) atoms. The fraction of sp³-hybridized carbons (Fsp3) is 0.467. The summed E-state index contributed by atoms with van der Waals surface area (Å²) in [6.07, 6.45) is 2.41. The number of aryl methyl sites for hydroxylation is 1. The van der Waals surface area contributed by atoms with E-state index in [-0.39, 0.29) is 0 Å². The van der Waals surface area contributed by atoms with E-state index >= 15 is 0 Å². The first-order valence-corrected chi connectivity index (χ1v) is 6.74. The second-order valence-electron chi connectivity index (χ2n) is 5.79. The lowest BCUT2D eigenvalue weighted by molar-refractivity contribution is -0.147. The van der Waals surface area contributed by atoms with Crippen LogP contribution < -0.4 is 5.32 Å². The number of imidazole rings is 1. The van der Waals surface area contributed by atoms with Crippen molar-refractivity contribution in [2.24, 2.45) is 12.5 Å². The number of hydrogen-bond donors (Lipinski definition) is 2. The first-order valence-electron chi connectivity index (χ1n) is 6.74. The smallest absolute Gasteiger partial charge is 0.309 e. The van der Waals surface area contributed by atoms with Crippen LogP contribution in [0.1, 0.15) is 25.8 Å². The van der Waals surface area contributed by atoms with Gasteiger partial charge in [0.1, 0.15) is 0 Å². The highest BCUT2D eigenvalue weighted by molar-refractivity contribution is 5.76. The van der Waals surface area contributed by atoms with Gasteiger partial charge in [-0.05, 0) is 44.5 Å². The number of carboxylic acid groups (broad SMARTS) is 1. The van der Waals surface area contributed by atoms with E-state index in [2.05, 4.69) is 28.5 Å². The van der Waals surface area contributed by atoms with Crippen molar-refractivity contribution in [1.82, 2.24) is 14.9 Å². The predicted octanol–water partition coefficient (Wildman–Crippen LogP) is 2.16. The molecule has 1 aromatic carbocycles. The quantitative estimate of drug-likeness (QED) is 0.793. The van der Waals surface area contributed by atoms with Gasteiger partial charge >= 0.3 is 5.97 Å². The molecule has 0 fully saturated rings. The van der Waals surface area contributed by atoms with Gasteiger partial charge in [0.15, 0.2) is 0 Å². The lowest BCUT2D eigenvalue weighted by Crippen LogP contribution is -2.28. The third-order valence-electron chi connectivity index (χ3n) is 3.62. The average molecular weight is 275 g/mol. The summed E-state index contributed by atoms with van der Waals surface area (Å²) in [5.41, 5.74) is 2.57. The summed E-state index contributed by atoms with van der Waals surface area (Å²) in [6, 6.07) is 6.19. The summed E-state index contributed by atoms with van der Waals surface area (Å²) in [6.45, 7) is 4.90. The van der Waals surface area contributed by atoms with Crippen molar-refractivity contribution >= 4 is 17.0 Å². The van der Waals surface area contributed by atoms with Crippen molar-refractivity contribution in [1.29, 1.82) is 0 Å². The Morgan fingerprint density at radius 1 is 1.45 bits per heavy atom. The predicted molar refractivity (Wildman–Crippen MR) is 78.5 cm³/mol. The van der Waals surface area contributed by atoms with Gasteiger partial charge in [0, 0.05) is 13.6 Å². The van der Waals surface area contributed by atoms with Gasteiger partial charge in [0.25, 0.3) is 0 Å². The number of fused-ring (bicyclic) bond motifs is 1. The fourth-order valence-corrected chi connectivity index (χ4v) is 2.03. The van der Waals surface area contributed by atoms with E-state index in [0.29, 0.717) is 13.0 Å². The van der Waals surface area contributed by atoms with Crippen LogP contribution in [0.4, 0.5) is 0 Å². The largest absolute Gasteiger partial charge is 0.481 e. The summed E-state index contributed by atoms with van der Waals surface area (Å²) in [5.74, 6) is -0.755. The molecule has 1 heterocycles. The monoisotopic (exact) mass is 275 g/mol. The molecule has 0 amide bonds. The Balaban J connectivity index is 1.88. The Morgan fingerprint density at radius 2 is 2.20 bits per heavy atom. The van der Waals surface area contributed by atoms with E-state index in [1.165, 1.54) is 0 Å². The molecular weight excluding hydrogens is 254 g/mol. The van der Waals surface area contributed by atoms with Gasteiger partial charge in [0.2, 0.25) is 0 Å². The second kappa shape index (κ2) is 5.63. The van der Waals surface area contributed by atoms with Crippen LogP contribution in [-0.2, 0) is 18.4 Å². The minimum Gasteiger partial charge on any atom is -0.481 e. The molecule has 2 rings (SSSR count). The number of nitrogens with one attached hydrogen (secondary N) is 1. The molecule has 0 atom stereocenters. The van der Waals surface area contributed by atoms with Crippen LogP contribution in [0.5, 0.6) is 0 Å². The molecule has 0 aliphatic heterocycles. The molecule has 0 unspecified atom stereocenters. The number of carbonyl (C=O) groups is 1. The Labute approximate surface area is 118 Å². The number of benzene rings is 1. The van der Waals surface area contributed by atoms with Crippen LogP contribution in [0.15, 0.2) is 24.5 Å². The molecule has 0 saturated heterocycles. The number of hydrogen-bond acceptors (Lipinski definition) is 3. The van der Waals surface area contributed by atoms with E-state index in [4.69, 9.17) is 5.11 Å². The zero-order valence-corrected chi connectivity index (χ0v) is 12.2. The van der Waals surface area contributed by atoms with Crippen molar-refractivity contribution < 1.29 is 9.90 Å². The van der Waals surface area contributed by atoms with E-state index in [9.17, 15) is 4.79 Å². The molecule has 5 heteroatoms. The molecule has 5 nitrogen and oxygen atoms in total. The summed E-state index contributed by atoms with van der Waals surface area (Å²) in [5, 5.41) is 12.3. The molecule has 1 aromatic heterocycles. The number of aromatic nitrogens is 2. The van der Waals surface area contributed by atoms with Crippen LogP contribution >= 0.6 is 0 Å². The Bertz CT molecular complexity index is 617. The standard InChI is InChI=1S/C15H21N3O2/c1-15(2,14(19)20)6-7-16-9-11-4-5-13-12(8-11)17-10-18(13)3/h4-5,8,10,16H,6-7,9H2,1-3H3,(H,19,20). The minimum atomic E-state index is -0.755. The SMILES string of the molecule is Cn1cnc2cc(CNCCC(C)(C)C(=O)O)ccc21. The van der Waals surface area contributed by atoms with E-state index < -0.39 is 11.4 Å². The molecule has 0 bridgehead atoms. The Hall–Kier alpha value is -1.88. The molecule has 0 aliphatic rings. The van der Waals surface area contributed by atoms with Crippen LogP contribution in [0.3, 0.4) is 0 Å². The fourth-order valence-electron chi connectivity index (χ4n) is 2.03. The lowest BCUT2D eigenvalue weighted by Gasteiger charge is -2.18. The van der Waals surface area contributed by atoms with E-state index in [0.717, 1.165) is 23.1 Å². The van der Waals surface area contributed by atoms with Crippen LogP contribution in [0.25, 0.3) is 11.0 Å². The van der Waals surface area contributed by atoms with Crippen LogP contribution in [0.2, 0.25) is 0 Å². The van der Waals surface area contributed by atoms with Gasteiger partial charge in [-0.25, -0.2) is 4.98 Å². The lowest BCUT2D eigenvalue weighted by atomic mass is 9.90. The minimum absolute atomic E-state index is 0.605. The van der Waals surface area contributed by atoms with Crippen molar-refractivity contribution in [3.8, 4) is 0 Å². The van der Waals surface area contributed by atoms with Gasteiger partial charge in [0.05, 0.1) is 22.8 Å². The number of nitrogens with zero attached hydrogens (tertiary/aromatic N) is 2. The molecule has 0 saturated carbocycles. The first kappa shape index (κ1) is 14.5. The first-order chi connectivity index (χ1) is 9.40. The third kappa shape index (κ3) is 3.17. The zero-order chi connectivity index (χ0) is 14.8. The highest BCUT2D eigenvalue weighted by atomic mass is 16.4. The number of rotatable bonds is 6. The second-order valence-corrected chi connectivity index (χ2v) is 5.79. The highest BCUT2D eigenvalue weighted by Crippen LogP contribution is 2.19. The van der Waals surface area contributed by atoms with Crippen molar-refractivity contribution in [2.75, 3.05) is 6.54 Å². The van der Waals surface area contributed by atoms with Crippen LogP contribution in [-0.4, -0.2) is 27.2 Å². The van der Waals surface area contributed by atoms with Crippen molar-refractivity contribution in [3.63, 3.8) is 0 Å². The van der Waals surface area contributed by atoms with Gasteiger partial charge in [-0.1, -0.05) is 6.07 Å². The summed E-state index contributed by atoms with van der Waals surface area (Å²) < 4.78 is 1.99. The van der Waals surface area contributed by atoms with Gasteiger partial charge in [-0.2, -0.15) is 0 Å². The Morgan fingerprint density at radius 3 is 2.90 bits per heavy atom. The summed E-state index contributed by atoms with van der Waals surface area (Å²) in [4.78, 5) is 15.3. The average Bonchev–Trinajstić information content (AvgIpc) is 2.76. The number of aliphatic carboxylic acids is 1. The van der Waals surface area contributed by atoms with E-state index in [1.54, 1.807) is 20.2 Å². The van der Waals surface area contributed by atoms with Crippen molar-refractivity contribution in [3.05, 3.63) is 30.1 Å². The van der Waals surface area contributed by atoms with Crippen LogP contribution in [0, 0.1) is 5.41 Å². The highest BCUT2D eigenvalue weighted by Gasteiger charge is 2.25. The molecule has 0 aliphatic carbocycles. The topological polar surface area (TPSA) is 67.2 Å². The molecule has 108 valence electrons. The maximum absolute atomic E-state index is 11.0.